The van der Waals surface area contributed by atoms with E-state index in [1.165, 1.54) is 12.0 Å². The van der Waals surface area contributed by atoms with Crippen molar-refractivity contribution in [3.63, 3.8) is 0 Å². The Labute approximate surface area is 111 Å². The minimum Gasteiger partial charge on any atom is -0.494 e. The van der Waals surface area contributed by atoms with Crippen molar-refractivity contribution < 1.29 is 4.74 Å². The summed E-state index contributed by atoms with van der Waals surface area (Å²) in [5.74, 6) is 1.59. The fourth-order valence-electron chi connectivity index (χ4n) is 1.72. The molecule has 1 aromatic carbocycles. The van der Waals surface area contributed by atoms with Crippen molar-refractivity contribution in [2.24, 2.45) is 0 Å². The first-order valence-corrected chi connectivity index (χ1v) is 6.82. The number of ether oxygens (including phenoxy) is 1. The lowest BCUT2D eigenvalue weighted by molar-refractivity contribution is 0.309. The van der Waals surface area contributed by atoms with Crippen LogP contribution in [0.4, 0.5) is 0 Å². The summed E-state index contributed by atoms with van der Waals surface area (Å²) in [5, 5.41) is 3.25. The van der Waals surface area contributed by atoms with E-state index < -0.39 is 0 Å². The highest BCUT2D eigenvalue weighted by atomic mass is 16.5. The van der Waals surface area contributed by atoms with Crippen LogP contribution in [0.2, 0.25) is 0 Å². The molecule has 0 fully saturated rings. The van der Waals surface area contributed by atoms with Gasteiger partial charge in [-0.1, -0.05) is 32.1 Å². The standard InChI is InChI=1S/C16H25NO/c1-4-11-17-12-6-13-18-16-9-7-15(8-10-16)14(3)5-2/h4,7-10,14,17H,1,5-6,11-13H2,2-3H3/t14-/m0/s1. The lowest BCUT2D eigenvalue weighted by Gasteiger charge is -2.10. The molecular weight excluding hydrogens is 222 g/mol. The monoisotopic (exact) mass is 247 g/mol. The third kappa shape index (κ3) is 5.37. The molecule has 1 atom stereocenters. The quantitative estimate of drug-likeness (QED) is 0.530. The Hall–Kier alpha value is -1.28. The van der Waals surface area contributed by atoms with Crippen molar-refractivity contribution >= 4 is 0 Å². The van der Waals surface area contributed by atoms with Gasteiger partial charge in [0.05, 0.1) is 6.61 Å². The van der Waals surface area contributed by atoms with E-state index in [0.717, 1.165) is 31.9 Å². The predicted octanol–water partition coefficient (Wildman–Crippen LogP) is 3.74. The molecule has 1 aromatic rings. The Morgan fingerprint density at radius 3 is 2.67 bits per heavy atom. The second-order valence-corrected chi connectivity index (χ2v) is 4.57. The van der Waals surface area contributed by atoms with Crippen molar-refractivity contribution in [2.45, 2.75) is 32.6 Å². The van der Waals surface area contributed by atoms with Crippen LogP contribution in [0.1, 0.15) is 38.2 Å². The minimum absolute atomic E-state index is 0.627. The van der Waals surface area contributed by atoms with Crippen LogP contribution in [0.5, 0.6) is 5.75 Å². The number of hydrogen-bond donors (Lipinski definition) is 1. The number of benzene rings is 1. The van der Waals surface area contributed by atoms with Gasteiger partial charge in [0.25, 0.3) is 0 Å². The normalized spacial score (nSPS) is 12.1. The first-order chi connectivity index (χ1) is 8.77. The van der Waals surface area contributed by atoms with Gasteiger partial charge < -0.3 is 10.1 Å². The third-order valence-corrected chi connectivity index (χ3v) is 3.12. The van der Waals surface area contributed by atoms with Crippen molar-refractivity contribution in [3.05, 3.63) is 42.5 Å². The summed E-state index contributed by atoms with van der Waals surface area (Å²) in [6, 6.07) is 8.47. The fraction of sp³-hybridized carbons (Fsp3) is 0.500. The van der Waals surface area contributed by atoms with E-state index in [4.69, 9.17) is 4.74 Å². The molecule has 2 heteroatoms. The van der Waals surface area contributed by atoms with E-state index in [2.05, 4.69) is 50.0 Å². The number of nitrogens with one attached hydrogen (secondary N) is 1. The Bertz CT molecular complexity index is 331. The highest BCUT2D eigenvalue weighted by Gasteiger charge is 2.02. The van der Waals surface area contributed by atoms with Crippen LogP contribution in [-0.4, -0.2) is 19.7 Å². The van der Waals surface area contributed by atoms with E-state index >= 15 is 0 Å². The molecular formula is C16H25NO. The number of hydrogen-bond acceptors (Lipinski definition) is 2. The summed E-state index contributed by atoms with van der Waals surface area (Å²) in [5.41, 5.74) is 1.39. The second-order valence-electron chi connectivity index (χ2n) is 4.57. The van der Waals surface area contributed by atoms with E-state index in [9.17, 15) is 0 Å². The molecule has 0 spiro atoms. The molecule has 0 bridgehead atoms. The molecule has 0 aliphatic carbocycles. The largest absolute Gasteiger partial charge is 0.494 e. The molecule has 0 unspecified atom stereocenters. The summed E-state index contributed by atoms with van der Waals surface area (Å²) >= 11 is 0. The Morgan fingerprint density at radius 1 is 1.33 bits per heavy atom. The van der Waals surface area contributed by atoms with Crippen molar-refractivity contribution in [3.8, 4) is 5.75 Å². The van der Waals surface area contributed by atoms with Gasteiger partial charge in [0, 0.05) is 6.54 Å². The lowest BCUT2D eigenvalue weighted by Crippen LogP contribution is -2.17. The summed E-state index contributed by atoms with van der Waals surface area (Å²) in [7, 11) is 0. The van der Waals surface area contributed by atoms with Crippen LogP contribution >= 0.6 is 0 Å². The molecule has 1 N–H and O–H groups in total. The molecule has 18 heavy (non-hydrogen) atoms. The molecule has 0 aliphatic heterocycles. The third-order valence-electron chi connectivity index (χ3n) is 3.12. The average molecular weight is 247 g/mol. The molecule has 0 aliphatic rings. The van der Waals surface area contributed by atoms with Gasteiger partial charge in [0.15, 0.2) is 0 Å². The van der Waals surface area contributed by atoms with Gasteiger partial charge in [0.2, 0.25) is 0 Å². The topological polar surface area (TPSA) is 21.3 Å². The predicted molar refractivity (Wildman–Crippen MR) is 78.3 cm³/mol. The van der Waals surface area contributed by atoms with Gasteiger partial charge in [-0.2, -0.15) is 0 Å². The zero-order chi connectivity index (χ0) is 13.2. The Morgan fingerprint density at radius 2 is 2.06 bits per heavy atom. The van der Waals surface area contributed by atoms with Crippen LogP contribution in [0.3, 0.4) is 0 Å². The van der Waals surface area contributed by atoms with Crippen LogP contribution in [0.15, 0.2) is 36.9 Å². The summed E-state index contributed by atoms with van der Waals surface area (Å²) < 4.78 is 5.69. The first-order valence-electron chi connectivity index (χ1n) is 6.82. The van der Waals surface area contributed by atoms with Gasteiger partial charge in [-0.15, -0.1) is 6.58 Å². The maximum atomic E-state index is 5.69. The highest BCUT2D eigenvalue weighted by Crippen LogP contribution is 2.21. The summed E-state index contributed by atoms with van der Waals surface area (Å²) in [4.78, 5) is 0. The molecule has 0 amide bonds. The first kappa shape index (κ1) is 14.8. The summed E-state index contributed by atoms with van der Waals surface area (Å²) in [6.45, 7) is 10.7. The molecule has 0 radical (unpaired) electrons. The van der Waals surface area contributed by atoms with Crippen molar-refractivity contribution in [1.82, 2.24) is 5.32 Å². The van der Waals surface area contributed by atoms with Gasteiger partial charge >= 0.3 is 0 Å². The average Bonchev–Trinajstić information content (AvgIpc) is 2.42. The molecule has 100 valence electrons. The zero-order valence-corrected chi connectivity index (χ0v) is 11.6. The number of rotatable bonds is 9. The van der Waals surface area contributed by atoms with Crippen molar-refractivity contribution in [2.75, 3.05) is 19.7 Å². The second kappa shape index (κ2) is 8.76. The molecule has 0 heterocycles. The maximum absolute atomic E-state index is 5.69. The Balaban J connectivity index is 2.24. The van der Waals surface area contributed by atoms with E-state index in [1.54, 1.807) is 0 Å². The molecule has 0 saturated heterocycles. The van der Waals surface area contributed by atoms with E-state index in [1.807, 2.05) is 6.08 Å². The van der Waals surface area contributed by atoms with Crippen LogP contribution in [0.25, 0.3) is 0 Å². The minimum atomic E-state index is 0.627. The zero-order valence-electron chi connectivity index (χ0n) is 11.6. The molecule has 2 nitrogen and oxygen atoms in total. The van der Waals surface area contributed by atoms with Crippen LogP contribution in [-0.2, 0) is 0 Å². The SMILES string of the molecule is C=CCNCCCOc1ccc([C@@H](C)CC)cc1. The van der Waals surface area contributed by atoms with E-state index in [0.29, 0.717) is 5.92 Å². The van der Waals surface area contributed by atoms with Gasteiger partial charge in [0.1, 0.15) is 5.75 Å². The smallest absolute Gasteiger partial charge is 0.119 e. The molecule has 0 aromatic heterocycles. The van der Waals surface area contributed by atoms with Crippen molar-refractivity contribution in [1.29, 1.82) is 0 Å². The molecule has 1 rings (SSSR count). The van der Waals surface area contributed by atoms with Gasteiger partial charge in [-0.25, -0.2) is 0 Å². The van der Waals surface area contributed by atoms with Gasteiger partial charge in [-0.05, 0) is 43.0 Å². The maximum Gasteiger partial charge on any atom is 0.119 e. The summed E-state index contributed by atoms with van der Waals surface area (Å²) in [6.07, 6.45) is 4.06. The van der Waals surface area contributed by atoms with Crippen LogP contribution < -0.4 is 10.1 Å². The highest BCUT2D eigenvalue weighted by molar-refractivity contribution is 5.29. The van der Waals surface area contributed by atoms with Gasteiger partial charge in [-0.3, -0.25) is 0 Å². The molecule has 0 saturated carbocycles. The van der Waals surface area contributed by atoms with Crippen LogP contribution in [0, 0.1) is 0 Å². The fourth-order valence-corrected chi connectivity index (χ4v) is 1.72. The lowest BCUT2D eigenvalue weighted by atomic mass is 9.99. The Kier molecular flexibility index (Phi) is 7.19. The van der Waals surface area contributed by atoms with E-state index in [-0.39, 0.29) is 0 Å².